The maximum atomic E-state index is 13.1. The van der Waals surface area contributed by atoms with E-state index in [4.69, 9.17) is 5.41 Å². The van der Waals surface area contributed by atoms with Gasteiger partial charge in [-0.2, -0.15) is 5.26 Å². The number of rotatable bonds is 12. The zero-order chi connectivity index (χ0) is 25.6. The first-order valence-corrected chi connectivity index (χ1v) is 12.1. The summed E-state index contributed by atoms with van der Waals surface area (Å²) in [6.07, 6.45) is 6.88. The zero-order valence-electron chi connectivity index (χ0n) is 20.6. The van der Waals surface area contributed by atoms with Crippen molar-refractivity contribution in [2.75, 3.05) is 38.5 Å². The number of carbonyl (C=O) groups is 1. The maximum Gasteiger partial charge on any atom is 0.232 e. The van der Waals surface area contributed by atoms with Crippen LogP contribution in [0.25, 0.3) is 0 Å². The number of anilines is 1. The average Bonchev–Trinajstić information content (AvgIpc) is 2.91. The molecule has 0 aliphatic heterocycles. The van der Waals surface area contributed by atoms with Gasteiger partial charge in [0.05, 0.1) is 5.92 Å². The molecule has 0 bridgehead atoms. The Morgan fingerprint density at radius 3 is 2.11 bits per heavy atom. The van der Waals surface area contributed by atoms with Crippen molar-refractivity contribution in [2.45, 2.75) is 18.8 Å². The minimum atomic E-state index is -0.335. The van der Waals surface area contributed by atoms with Crippen LogP contribution < -0.4 is 10.6 Å². The summed E-state index contributed by atoms with van der Waals surface area (Å²) in [5.74, 6) is -0.293. The molecule has 0 atom stereocenters. The van der Waals surface area contributed by atoms with Crippen LogP contribution in [0.3, 0.4) is 0 Å². The Morgan fingerprint density at radius 2 is 1.53 bits per heavy atom. The molecule has 1 amide bonds. The molecule has 2 aromatic carbocycles. The van der Waals surface area contributed by atoms with E-state index in [1.54, 1.807) is 24.5 Å². The Labute approximate surface area is 213 Å². The lowest BCUT2D eigenvalue weighted by molar-refractivity contribution is -0.121. The Balaban J connectivity index is 1.39. The van der Waals surface area contributed by atoms with Gasteiger partial charge in [-0.1, -0.05) is 60.7 Å². The highest BCUT2D eigenvalue weighted by Gasteiger charge is 2.22. The van der Waals surface area contributed by atoms with Crippen LogP contribution in [-0.4, -0.2) is 59.9 Å². The van der Waals surface area contributed by atoms with E-state index >= 15 is 0 Å². The van der Waals surface area contributed by atoms with Gasteiger partial charge in [0.2, 0.25) is 11.9 Å². The number of pyridine rings is 1. The SMILES string of the molecule is CN(CCCNC(=O)C(c1ccccc1)c1ccccc1)CCCN(C#N)C(=N)Nc1ccncc1. The van der Waals surface area contributed by atoms with Crippen LogP contribution in [0.15, 0.2) is 85.2 Å². The maximum absolute atomic E-state index is 13.1. The van der Waals surface area contributed by atoms with Crippen molar-refractivity contribution in [3.8, 4) is 6.19 Å². The van der Waals surface area contributed by atoms with Crippen LogP contribution in [0, 0.1) is 16.9 Å². The minimum Gasteiger partial charge on any atom is -0.355 e. The molecule has 0 saturated heterocycles. The van der Waals surface area contributed by atoms with Gasteiger partial charge >= 0.3 is 0 Å². The molecule has 0 aliphatic rings. The standard InChI is InChI=1S/C28H33N7O/c1-34(20-9-21-35(22-29)28(30)33-25-14-17-31-18-15-25)19-8-16-32-27(36)26(23-10-4-2-5-11-23)24-12-6-3-7-13-24/h2-7,10-15,17-18,26H,8-9,16,19-21H2,1H3,(H,32,36)(H2,30,31,33). The van der Waals surface area contributed by atoms with Crippen molar-refractivity contribution < 1.29 is 4.79 Å². The van der Waals surface area contributed by atoms with E-state index in [2.05, 4.69) is 26.7 Å². The molecule has 0 fully saturated rings. The van der Waals surface area contributed by atoms with Crippen molar-refractivity contribution >= 4 is 17.6 Å². The summed E-state index contributed by atoms with van der Waals surface area (Å²) >= 11 is 0. The third-order valence-corrected chi connectivity index (χ3v) is 5.80. The Bertz CT molecular complexity index is 1080. The van der Waals surface area contributed by atoms with E-state index in [1.807, 2.05) is 67.7 Å². The first-order chi connectivity index (χ1) is 17.6. The number of guanidine groups is 1. The van der Waals surface area contributed by atoms with Crippen molar-refractivity contribution in [3.63, 3.8) is 0 Å². The lowest BCUT2D eigenvalue weighted by Gasteiger charge is -2.21. The molecule has 3 N–H and O–H groups in total. The minimum absolute atomic E-state index is 0.0000697. The van der Waals surface area contributed by atoms with Crippen LogP contribution in [0.5, 0.6) is 0 Å². The van der Waals surface area contributed by atoms with Gasteiger partial charge < -0.3 is 15.5 Å². The van der Waals surface area contributed by atoms with Gasteiger partial charge in [0.15, 0.2) is 6.19 Å². The Kier molecular flexibility index (Phi) is 10.4. The highest BCUT2D eigenvalue weighted by Crippen LogP contribution is 2.24. The highest BCUT2D eigenvalue weighted by molar-refractivity contribution is 5.92. The second kappa shape index (κ2) is 14.2. The fraction of sp³-hybridized carbons (Fsp3) is 0.286. The van der Waals surface area contributed by atoms with Crippen molar-refractivity contribution in [1.82, 2.24) is 20.1 Å². The normalized spacial score (nSPS) is 10.6. The van der Waals surface area contributed by atoms with Crippen molar-refractivity contribution in [2.24, 2.45) is 0 Å². The molecule has 1 heterocycles. The van der Waals surface area contributed by atoms with Gasteiger partial charge in [-0.05, 0) is 56.2 Å². The third kappa shape index (κ3) is 8.22. The first-order valence-electron chi connectivity index (χ1n) is 12.1. The van der Waals surface area contributed by atoms with Gasteiger partial charge in [-0.3, -0.25) is 15.2 Å². The molecule has 0 unspecified atom stereocenters. The number of nitrogens with zero attached hydrogens (tertiary/aromatic N) is 4. The second-order valence-corrected chi connectivity index (χ2v) is 8.52. The molecule has 36 heavy (non-hydrogen) atoms. The monoisotopic (exact) mass is 483 g/mol. The molecule has 3 rings (SSSR count). The number of amides is 1. The molecule has 1 aromatic heterocycles. The highest BCUT2D eigenvalue weighted by atomic mass is 16.1. The Morgan fingerprint density at radius 1 is 0.944 bits per heavy atom. The Hall–Kier alpha value is -4.22. The van der Waals surface area contributed by atoms with Crippen LogP contribution in [0.4, 0.5) is 5.69 Å². The summed E-state index contributed by atoms with van der Waals surface area (Å²) in [4.78, 5) is 20.5. The van der Waals surface area contributed by atoms with Crippen LogP contribution >= 0.6 is 0 Å². The van der Waals surface area contributed by atoms with Gasteiger partial charge in [0.25, 0.3) is 0 Å². The van der Waals surface area contributed by atoms with E-state index in [1.165, 1.54) is 4.90 Å². The van der Waals surface area contributed by atoms with Gasteiger partial charge in [-0.25, -0.2) is 4.90 Å². The van der Waals surface area contributed by atoms with Crippen LogP contribution in [0.2, 0.25) is 0 Å². The zero-order valence-corrected chi connectivity index (χ0v) is 20.6. The number of hydrogen-bond acceptors (Lipinski definition) is 5. The number of hydrogen-bond donors (Lipinski definition) is 3. The predicted octanol–water partition coefficient (Wildman–Crippen LogP) is 3.87. The summed E-state index contributed by atoms with van der Waals surface area (Å²) in [6, 6.07) is 23.2. The van der Waals surface area contributed by atoms with Crippen molar-refractivity contribution in [1.29, 1.82) is 10.7 Å². The smallest absolute Gasteiger partial charge is 0.232 e. The van der Waals surface area contributed by atoms with Gasteiger partial charge in [0, 0.05) is 31.2 Å². The number of nitrogens with one attached hydrogen (secondary N) is 3. The van der Waals surface area contributed by atoms with E-state index in [-0.39, 0.29) is 17.8 Å². The van der Waals surface area contributed by atoms with E-state index in [0.29, 0.717) is 13.1 Å². The summed E-state index contributed by atoms with van der Waals surface area (Å²) in [7, 11) is 2.02. The molecule has 3 aromatic rings. The predicted molar refractivity (Wildman–Crippen MR) is 142 cm³/mol. The summed E-state index contributed by atoms with van der Waals surface area (Å²) in [5, 5.41) is 23.5. The van der Waals surface area contributed by atoms with Crippen LogP contribution in [0.1, 0.15) is 29.9 Å². The second-order valence-electron chi connectivity index (χ2n) is 8.52. The fourth-order valence-electron chi connectivity index (χ4n) is 3.91. The average molecular weight is 484 g/mol. The van der Waals surface area contributed by atoms with Gasteiger partial charge in [0.1, 0.15) is 0 Å². The fourth-order valence-corrected chi connectivity index (χ4v) is 3.91. The summed E-state index contributed by atoms with van der Waals surface area (Å²) in [6.45, 7) is 2.64. The number of benzene rings is 2. The van der Waals surface area contributed by atoms with Crippen molar-refractivity contribution in [3.05, 3.63) is 96.3 Å². The van der Waals surface area contributed by atoms with E-state index < -0.39 is 0 Å². The largest absolute Gasteiger partial charge is 0.355 e. The molecule has 8 heteroatoms. The number of aromatic nitrogens is 1. The molecule has 8 nitrogen and oxygen atoms in total. The molecule has 0 spiro atoms. The topological polar surface area (TPSA) is 108 Å². The van der Waals surface area contributed by atoms with Gasteiger partial charge in [-0.15, -0.1) is 0 Å². The molecule has 0 aliphatic carbocycles. The third-order valence-electron chi connectivity index (χ3n) is 5.80. The summed E-state index contributed by atoms with van der Waals surface area (Å²) < 4.78 is 0. The van der Waals surface area contributed by atoms with Crippen LogP contribution in [-0.2, 0) is 4.79 Å². The molecule has 186 valence electrons. The quantitative estimate of drug-likeness (QED) is 0.119. The number of nitriles is 1. The van der Waals surface area contributed by atoms with E-state index in [9.17, 15) is 10.1 Å². The lowest BCUT2D eigenvalue weighted by Crippen LogP contribution is -2.35. The molecule has 0 saturated carbocycles. The number of carbonyl (C=O) groups excluding carboxylic acids is 1. The molecule has 0 radical (unpaired) electrons. The molecular formula is C28H33N7O. The lowest BCUT2D eigenvalue weighted by atomic mass is 9.90. The summed E-state index contributed by atoms with van der Waals surface area (Å²) in [5.41, 5.74) is 2.67. The van der Waals surface area contributed by atoms with E-state index in [0.717, 1.165) is 42.7 Å². The molecular weight excluding hydrogens is 450 g/mol. The first kappa shape index (κ1) is 26.4.